The molecule has 1 unspecified atom stereocenters. The third kappa shape index (κ3) is 6.30. The number of carbonyl (C=O) groups is 1. The second-order valence-corrected chi connectivity index (χ2v) is 12.2. The van der Waals surface area contributed by atoms with Crippen LogP contribution in [0.4, 0.5) is 5.69 Å². The molecular weight excluding hydrogens is 548 g/mol. The molecule has 0 aliphatic carbocycles. The van der Waals surface area contributed by atoms with Crippen molar-refractivity contribution in [3.05, 3.63) is 65.7 Å². The molecule has 0 bridgehead atoms. The van der Waals surface area contributed by atoms with Crippen LogP contribution in [0.5, 0.6) is 28.7 Å². The Kier molecular flexibility index (Phi) is 8.58. The monoisotopic (exact) mass is 584 g/mol. The third-order valence-electron chi connectivity index (χ3n) is 6.84. The zero-order valence-electron chi connectivity index (χ0n) is 24.3. The van der Waals surface area contributed by atoms with Gasteiger partial charge in [0.2, 0.25) is 5.91 Å². The Balaban J connectivity index is 1.76. The maximum atomic E-state index is 14.2. The lowest BCUT2D eigenvalue weighted by Crippen LogP contribution is -2.45. The van der Waals surface area contributed by atoms with E-state index in [2.05, 4.69) is 5.32 Å². The molecule has 1 amide bonds. The molecule has 1 heterocycles. The number of ether oxygens (including phenoxy) is 5. The van der Waals surface area contributed by atoms with Crippen LogP contribution in [0.15, 0.2) is 59.5 Å². The van der Waals surface area contributed by atoms with Crippen LogP contribution < -0.4 is 33.3 Å². The molecular formula is C30H36N2O8S. The number of rotatable bonds is 10. The molecule has 0 spiro atoms. The smallest absolute Gasteiger partial charge is 0.265 e. The zero-order chi connectivity index (χ0) is 29.9. The molecule has 1 aliphatic heterocycles. The van der Waals surface area contributed by atoms with Crippen molar-refractivity contribution in [2.24, 2.45) is 0 Å². The number of aryl methyl sites for hydroxylation is 1. The van der Waals surface area contributed by atoms with E-state index in [4.69, 9.17) is 23.7 Å². The normalized spacial score (nSPS) is 15.6. The number of hydrogen-bond acceptors (Lipinski definition) is 8. The molecule has 1 aliphatic rings. The fourth-order valence-corrected chi connectivity index (χ4v) is 6.31. The van der Waals surface area contributed by atoms with Crippen LogP contribution in [0.3, 0.4) is 0 Å². The Bertz CT molecular complexity index is 1540. The third-order valence-corrected chi connectivity index (χ3v) is 8.60. The van der Waals surface area contributed by atoms with Gasteiger partial charge in [-0.15, -0.1) is 0 Å². The summed E-state index contributed by atoms with van der Waals surface area (Å²) in [6, 6.07) is 14.4. The van der Waals surface area contributed by atoms with Crippen LogP contribution in [0.1, 0.15) is 37.4 Å². The van der Waals surface area contributed by atoms with Gasteiger partial charge in [-0.25, -0.2) is 8.42 Å². The predicted molar refractivity (Wildman–Crippen MR) is 155 cm³/mol. The number of hydrogen-bond donors (Lipinski definition) is 1. The van der Waals surface area contributed by atoms with Gasteiger partial charge in [0.1, 0.15) is 29.4 Å². The van der Waals surface area contributed by atoms with Crippen molar-refractivity contribution < 1.29 is 36.9 Å². The summed E-state index contributed by atoms with van der Waals surface area (Å²) >= 11 is 0. The Hall–Kier alpha value is -4.12. The minimum absolute atomic E-state index is 0.0963. The van der Waals surface area contributed by atoms with Gasteiger partial charge in [0.05, 0.1) is 45.1 Å². The van der Waals surface area contributed by atoms with Gasteiger partial charge in [-0.1, -0.05) is 17.7 Å². The number of carbonyl (C=O) groups excluding carboxylic acids is 1. The molecule has 11 heteroatoms. The first-order valence-electron chi connectivity index (χ1n) is 13.0. The topological polar surface area (TPSA) is 113 Å². The fourth-order valence-electron chi connectivity index (χ4n) is 4.87. The van der Waals surface area contributed by atoms with Crippen molar-refractivity contribution in [2.45, 2.75) is 43.7 Å². The highest BCUT2D eigenvalue weighted by Crippen LogP contribution is 2.41. The maximum Gasteiger partial charge on any atom is 0.265 e. The van der Waals surface area contributed by atoms with Crippen molar-refractivity contribution in [2.75, 3.05) is 39.3 Å². The van der Waals surface area contributed by atoms with E-state index in [-0.39, 0.29) is 28.1 Å². The fraction of sp³-hybridized carbons (Fsp3) is 0.367. The van der Waals surface area contributed by atoms with E-state index in [9.17, 15) is 13.2 Å². The number of fused-ring (bicyclic) bond motifs is 1. The molecule has 10 nitrogen and oxygen atoms in total. The molecule has 0 saturated heterocycles. The summed E-state index contributed by atoms with van der Waals surface area (Å²) in [7, 11) is 1.45. The summed E-state index contributed by atoms with van der Waals surface area (Å²) in [5.74, 6) is 1.41. The molecule has 41 heavy (non-hydrogen) atoms. The summed E-state index contributed by atoms with van der Waals surface area (Å²) in [4.78, 5) is 13.6. The van der Waals surface area contributed by atoms with E-state index in [1.807, 2.05) is 39.0 Å². The van der Waals surface area contributed by atoms with E-state index in [1.54, 1.807) is 12.1 Å². The Labute approximate surface area is 241 Å². The zero-order valence-corrected chi connectivity index (χ0v) is 25.1. The van der Waals surface area contributed by atoms with E-state index in [0.717, 1.165) is 15.4 Å². The molecule has 3 aromatic carbocycles. The highest BCUT2D eigenvalue weighted by molar-refractivity contribution is 7.92. The molecule has 1 N–H and O–H groups in total. The highest BCUT2D eigenvalue weighted by atomic mass is 32.2. The SMILES string of the molecule is COc1ccc(OC)c(N(CC(=O)NC2CC(C)(C)Oc3ccc(C)cc32)S(=O)(=O)c2ccc(OC)c(OC)c2)c1. The molecule has 1 atom stereocenters. The lowest BCUT2D eigenvalue weighted by molar-refractivity contribution is -0.120. The predicted octanol–water partition coefficient (Wildman–Crippen LogP) is 4.64. The van der Waals surface area contributed by atoms with Crippen molar-refractivity contribution in [3.63, 3.8) is 0 Å². The van der Waals surface area contributed by atoms with E-state index >= 15 is 0 Å². The van der Waals surface area contributed by atoms with Gasteiger partial charge in [-0.3, -0.25) is 9.10 Å². The summed E-state index contributed by atoms with van der Waals surface area (Å²) in [5.41, 5.74) is 1.46. The second kappa shape index (κ2) is 11.8. The van der Waals surface area contributed by atoms with Crippen LogP contribution >= 0.6 is 0 Å². The molecule has 3 aromatic rings. The largest absolute Gasteiger partial charge is 0.497 e. The lowest BCUT2D eigenvalue weighted by atomic mass is 9.89. The van der Waals surface area contributed by atoms with Gasteiger partial charge in [-0.2, -0.15) is 0 Å². The van der Waals surface area contributed by atoms with E-state index in [1.165, 1.54) is 52.7 Å². The van der Waals surface area contributed by atoms with Crippen molar-refractivity contribution >= 4 is 21.6 Å². The minimum atomic E-state index is -4.32. The minimum Gasteiger partial charge on any atom is -0.497 e. The quantitative estimate of drug-likeness (QED) is 0.367. The summed E-state index contributed by atoms with van der Waals surface area (Å²) < 4.78 is 57.0. The Morgan fingerprint density at radius 2 is 1.61 bits per heavy atom. The van der Waals surface area contributed by atoms with Crippen LogP contribution in [0.25, 0.3) is 0 Å². The van der Waals surface area contributed by atoms with Crippen molar-refractivity contribution in [1.82, 2.24) is 5.32 Å². The molecule has 0 fully saturated rings. The standard InChI is InChI=1S/C30H36N2O8S/c1-19-8-11-25-22(14-19)23(17-30(2,3)40-25)31-29(33)18-32(24-15-20(36-4)9-12-26(24)37-5)41(34,35)21-10-13-27(38-6)28(16-21)39-7/h8-16,23H,17-18H2,1-7H3,(H,31,33). The van der Waals surface area contributed by atoms with E-state index < -0.39 is 28.1 Å². The number of methoxy groups -OCH3 is 4. The molecule has 0 aromatic heterocycles. The molecule has 0 radical (unpaired) electrons. The van der Waals surface area contributed by atoms with Crippen LogP contribution in [0.2, 0.25) is 0 Å². The number of amides is 1. The van der Waals surface area contributed by atoms with Crippen LogP contribution in [-0.4, -0.2) is 54.9 Å². The van der Waals surface area contributed by atoms with Gasteiger partial charge in [0.25, 0.3) is 10.0 Å². The number of sulfonamides is 1. The van der Waals surface area contributed by atoms with Crippen molar-refractivity contribution in [1.29, 1.82) is 0 Å². The van der Waals surface area contributed by atoms with Crippen LogP contribution in [0, 0.1) is 6.92 Å². The van der Waals surface area contributed by atoms with Gasteiger partial charge < -0.3 is 29.0 Å². The first-order valence-corrected chi connectivity index (χ1v) is 14.4. The lowest BCUT2D eigenvalue weighted by Gasteiger charge is -2.38. The summed E-state index contributed by atoms with van der Waals surface area (Å²) in [6.07, 6.45) is 0.500. The van der Waals surface area contributed by atoms with Crippen molar-refractivity contribution in [3.8, 4) is 28.7 Å². The Morgan fingerprint density at radius 3 is 2.27 bits per heavy atom. The summed E-state index contributed by atoms with van der Waals surface area (Å²) in [6.45, 7) is 5.33. The molecule has 220 valence electrons. The second-order valence-electron chi connectivity index (χ2n) is 10.3. The number of nitrogens with one attached hydrogen (secondary N) is 1. The maximum absolute atomic E-state index is 14.2. The Morgan fingerprint density at radius 1 is 0.927 bits per heavy atom. The van der Waals surface area contributed by atoms with Gasteiger partial charge in [0, 0.05) is 24.1 Å². The number of nitrogens with zero attached hydrogens (tertiary/aromatic N) is 1. The average Bonchev–Trinajstić information content (AvgIpc) is 2.95. The summed E-state index contributed by atoms with van der Waals surface area (Å²) in [5, 5.41) is 3.05. The van der Waals surface area contributed by atoms with Gasteiger partial charge in [0.15, 0.2) is 11.5 Å². The first-order chi connectivity index (χ1) is 19.4. The number of benzene rings is 3. The first kappa shape index (κ1) is 29.9. The van der Waals surface area contributed by atoms with Crippen LogP contribution in [-0.2, 0) is 14.8 Å². The average molecular weight is 585 g/mol. The van der Waals surface area contributed by atoms with E-state index in [0.29, 0.717) is 23.7 Å². The molecule has 4 rings (SSSR count). The van der Waals surface area contributed by atoms with Gasteiger partial charge >= 0.3 is 0 Å². The van der Waals surface area contributed by atoms with Gasteiger partial charge in [-0.05, 0) is 51.1 Å². The molecule has 0 saturated carbocycles. The number of anilines is 1. The highest BCUT2D eigenvalue weighted by Gasteiger charge is 2.36.